The van der Waals surface area contributed by atoms with Crippen LogP contribution >= 0.6 is 11.3 Å². The molecule has 0 radical (unpaired) electrons. The van der Waals surface area contributed by atoms with Crippen LogP contribution in [0.1, 0.15) is 120 Å². The third kappa shape index (κ3) is 12.6. The maximum Gasteiger partial charge on any atom is 0.305 e. The molecule has 44 heavy (non-hydrogen) atoms. The number of benzene rings is 1. The van der Waals surface area contributed by atoms with Gasteiger partial charge in [-0.05, 0) is 62.1 Å². The van der Waals surface area contributed by atoms with Crippen LogP contribution in [0, 0.1) is 5.92 Å². The van der Waals surface area contributed by atoms with E-state index in [2.05, 4.69) is 39.9 Å². The number of nitrogens with one attached hydrogen (secondary N) is 1. The van der Waals surface area contributed by atoms with Crippen molar-refractivity contribution in [2.45, 2.75) is 117 Å². The van der Waals surface area contributed by atoms with Crippen LogP contribution in [0.25, 0.3) is 0 Å². The van der Waals surface area contributed by atoms with Crippen LogP contribution < -0.4 is 5.32 Å². The van der Waals surface area contributed by atoms with Gasteiger partial charge in [0.15, 0.2) is 0 Å². The molecule has 10 heteroatoms. The third-order valence-corrected chi connectivity index (χ3v) is 8.62. The van der Waals surface area contributed by atoms with E-state index in [4.69, 9.17) is 14.5 Å². The summed E-state index contributed by atoms with van der Waals surface area (Å²) in [6, 6.07) is 6.69. The molecule has 0 aliphatic heterocycles. The molecule has 2 rings (SSSR count). The van der Waals surface area contributed by atoms with E-state index in [9.17, 15) is 19.5 Å². The van der Waals surface area contributed by atoms with Gasteiger partial charge in [-0.25, -0.2) is 4.98 Å². The Bertz CT molecular complexity index is 1140. The molecule has 9 nitrogen and oxygen atoms in total. The van der Waals surface area contributed by atoms with Crippen LogP contribution in [0.4, 0.5) is 0 Å². The van der Waals surface area contributed by atoms with Gasteiger partial charge in [0.25, 0.3) is 5.91 Å². The highest BCUT2D eigenvalue weighted by atomic mass is 32.1. The standard InChI is InChI=1S/C34H53N3O6S/c1-7-10-11-31(39)37(20-8-2)29(24(4)5)22-30(43-21-9-3)34-36-28(23-44-34)33(41)35-26(16-19-32(40)42-6)15-12-25-13-17-27(38)18-14-25/h13-14,17-18,23-24,26,29-30,38H,7-12,15-16,19-22H2,1-6H3,(H,35,41). The minimum absolute atomic E-state index is 0.00931. The molecule has 1 aromatic heterocycles. The number of hydrogen-bond acceptors (Lipinski definition) is 8. The van der Waals surface area contributed by atoms with Crippen LogP contribution in [0.15, 0.2) is 29.6 Å². The lowest BCUT2D eigenvalue weighted by Gasteiger charge is -2.36. The lowest BCUT2D eigenvalue weighted by molar-refractivity contribution is -0.141. The van der Waals surface area contributed by atoms with Crippen molar-refractivity contribution in [3.63, 3.8) is 0 Å². The normalized spacial score (nSPS) is 13.3. The Labute approximate surface area is 267 Å². The molecule has 0 aliphatic carbocycles. The van der Waals surface area contributed by atoms with Crippen LogP contribution in [0.3, 0.4) is 0 Å². The van der Waals surface area contributed by atoms with Crippen molar-refractivity contribution in [1.29, 1.82) is 0 Å². The van der Waals surface area contributed by atoms with Gasteiger partial charge >= 0.3 is 5.97 Å². The largest absolute Gasteiger partial charge is 0.508 e. The van der Waals surface area contributed by atoms with Gasteiger partial charge < -0.3 is 24.8 Å². The van der Waals surface area contributed by atoms with Crippen LogP contribution in [-0.4, -0.2) is 65.1 Å². The number of methoxy groups -OCH3 is 1. The lowest BCUT2D eigenvalue weighted by Crippen LogP contribution is -2.44. The summed E-state index contributed by atoms with van der Waals surface area (Å²) in [6.07, 6.45) is 6.31. The summed E-state index contributed by atoms with van der Waals surface area (Å²) in [5, 5.41) is 15.1. The number of aromatic nitrogens is 1. The summed E-state index contributed by atoms with van der Waals surface area (Å²) in [5.41, 5.74) is 1.34. The Morgan fingerprint density at radius 1 is 1.02 bits per heavy atom. The molecule has 1 aromatic carbocycles. The fourth-order valence-electron chi connectivity index (χ4n) is 5.15. The molecule has 0 saturated carbocycles. The summed E-state index contributed by atoms with van der Waals surface area (Å²) in [4.78, 5) is 45.2. The quantitative estimate of drug-likeness (QED) is 0.145. The molecule has 2 aromatic rings. The summed E-state index contributed by atoms with van der Waals surface area (Å²) in [7, 11) is 1.35. The van der Waals surface area contributed by atoms with E-state index in [1.54, 1.807) is 17.5 Å². The maximum atomic E-state index is 13.4. The second-order valence-electron chi connectivity index (χ2n) is 11.7. The number of ether oxygens (including phenoxy) is 2. The van der Waals surface area contributed by atoms with Crippen LogP contribution in [0.5, 0.6) is 5.75 Å². The molecule has 0 aliphatic rings. The Hall–Kier alpha value is -2.98. The van der Waals surface area contributed by atoms with Gasteiger partial charge in [0.2, 0.25) is 5.91 Å². The predicted octanol–water partition coefficient (Wildman–Crippen LogP) is 6.84. The molecule has 2 amide bonds. The fraction of sp³-hybridized carbons (Fsp3) is 0.647. The van der Waals surface area contributed by atoms with E-state index in [-0.39, 0.29) is 54.1 Å². The van der Waals surface area contributed by atoms with Gasteiger partial charge in [-0.3, -0.25) is 14.4 Å². The van der Waals surface area contributed by atoms with E-state index in [0.29, 0.717) is 50.9 Å². The van der Waals surface area contributed by atoms with Gasteiger partial charge in [0.1, 0.15) is 22.6 Å². The highest BCUT2D eigenvalue weighted by Crippen LogP contribution is 2.31. The second kappa shape index (κ2) is 20.1. The molecule has 3 atom stereocenters. The molecule has 0 saturated heterocycles. The molecular weight excluding hydrogens is 578 g/mol. The molecule has 2 N–H and O–H groups in total. The molecule has 1 heterocycles. The zero-order valence-electron chi connectivity index (χ0n) is 27.5. The number of hydrogen-bond donors (Lipinski definition) is 2. The van der Waals surface area contributed by atoms with Gasteiger partial charge in [0, 0.05) is 49.9 Å². The fourth-order valence-corrected chi connectivity index (χ4v) is 6.01. The van der Waals surface area contributed by atoms with Crippen LogP contribution in [0.2, 0.25) is 0 Å². The third-order valence-electron chi connectivity index (χ3n) is 7.69. The molecule has 0 bridgehead atoms. The number of nitrogens with zero attached hydrogens (tertiary/aromatic N) is 2. The molecule has 0 fully saturated rings. The Balaban J connectivity index is 2.22. The van der Waals surface area contributed by atoms with Crippen molar-refractivity contribution >= 4 is 29.1 Å². The van der Waals surface area contributed by atoms with E-state index in [0.717, 1.165) is 36.3 Å². The summed E-state index contributed by atoms with van der Waals surface area (Å²) >= 11 is 1.40. The van der Waals surface area contributed by atoms with E-state index < -0.39 is 0 Å². The lowest BCUT2D eigenvalue weighted by atomic mass is 9.95. The van der Waals surface area contributed by atoms with Crippen molar-refractivity contribution in [2.24, 2.45) is 5.92 Å². The smallest absolute Gasteiger partial charge is 0.305 e. The minimum atomic E-state index is -0.336. The van der Waals surface area contributed by atoms with E-state index in [1.165, 1.54) is 18.4 Å². The predicted molar refractivity (Wildman–Crippen MR) is 175 cm³/mol. The van der Waals surface area contributed by atoms with Crippen molar-refractivity contribution in [3.05, 3.63) is 45.9 Å². The van der Waals surface area contributed by atoms with E-state index >= 15 is 0 Å². The first-order valence-corrected chi connectivity index (χ1v) is 17.0. The Morgan fingerprint density at radius 2 is 1.75 bits per heavy atom. The SMILES string of the molecule is CCCCC(=O)N(CCC)C(CC(OCCC)c1nc(C(=O)NC(CCC(=O)OC)CCc2ccc(O)cc2)cs1)C(C)C. The first kappa shape index (κ1) is 37.2. The number of amides is 2. The first-order valence-electron chi connectivity index (χ1n) is 16.1. The topological polar surface area (TPSA) is 118 Å². The van der Waals surface area contributed by atoms with Crippen molar-refractivity contribution in [3.8, 4) is 5.75 Å². The summed E-state index contributed by atoms with van der Waals surface area (Å²) in [5.74, 6) is -0.0144. The van der Waals surface area contributed by atoms with Gasteiger partial charge in [-0.1, -0.05) is 53.2 Å². The number of phenols is 1. The number of rotatable bonds is 21. The molecule has 0 spiro atoms. The van der Waals surface area contributed by atoms with Crippen molar-refractivity contribution < 1.29 is 29.0 Å². The number of aromatic hydroxyl groups is 1. The number of esters is 1. The van der Waals surface area contributed by atoms with Gasteiger partial charge in [0.05, 0.1) is 7.11 Å². The van der Waals surface area contributed by atoms with Crippen molar-refractivity contribution in [2.75, 3.05) is 20.3 Å². The second-order valence-corrected chi connectivity index (χ2v) is 12.5. The minimum Gasteiger partial charge on any atom is -0.508 e. The summed E-state index contributed by atoms with van der Waals surface area (Å²) < 4.78 is 11.1. The zero-order chi connectivity index (χ0) is 32.5. The Morgan fingerprint density at radius 3 is 2.36 bits per heavy atom. The first-order chi connectivity index (χ1) is 21.1. The van der Waals surface area contributed by atoms with E-state index in [1.807, 2.05) is 17.0 Å². The molecule has 246 valence electrons. The number of phenolic OH excluding ortho intramolecular Hbond substituents is 1. The number of thiazole rings is 1. The number of carbonyl (C=O) groups excluding carboxylic acids is 3. The van der Waals surface area contributed by atoms with Crippen molar-refractivity contribution in [1.82, 2.24) is 15.2 Å². The molecule has 3 unspecified atom stereocenters. The van der Waals surface area contributed by atoms with Gasteiger partial charge in [-0.2, -0.15) is 0 Å². The highest BCUT2D eigenvalue weighted by Gasteiger charge is 2.31. The number of unbranched alkanes of at least 4 members (excludes halogenated alkanes) is 1. The zero-order valence-corrected chi connectivity index (χ0v) is 28.3. The van der Waals surface area contributed by atoms with Crippen LogP contribution in [-0.2, 0) is 25.5 Å². The average Bonchev–Trinajstić information content (AvgIpc) is 3.51. The average molecular weight is 632 g/mol. The number of carbonyl (C=O) groups is 3. The summed E-state index contributed by atoms with van der Waals surface area (Å²) in [6.45, 7) is 11.8. The molecular formula is C34H53N3O6S. The monoisotopic (exact) mass is 631 g/mol. The van der Waals surface area contributed by atoms with Gasteiger partial charge in [-0.15, -0.1) is 11.3 Å². The maximum absolute atomic E-state index is 13.4. The highest BCUT2D eigenvalue weighted by molar-refractivity contribution is 7.09. The number of aryl methyl sites for hydroxylation is 1. The Kier molecular flexibility index (Phi) is 17.0.